The van der Waals surface area contributed by atoms with Gasteiger partial charge in [0.2, 0.25) is 0 Å². The van der Waals surface area contributed by atoms with Crippen molar-refractivity contribution in [1.82, 2.24) is 15.0 Å². The van der Waals surface area contributed by atoms with Gasteiger partial charge in [-0.25, -0.2) is 0 Å². The van der Waals surface area contributed by atoms with Crippen molar-refractivity contribution in [2.45, 2.75) is 25.7 Å². The molecule has 71 heavy (non-hydrogen) atoms. The number of hydrogen-bond acceptors (Lipinski definition) is 6. The fourth-order valence-corrected chi connectivity index (χ4v) is 8.91. The minimum atomic E-state index is 0. The second kappa shape index (κ2) is 22.0. The minimum Gasteiger partial charge on any atom is -0.305 e. The third-order valence-electron chi connectivity index (χ3n) is 12.5. The maximum absolute atomic E-state index is 9.83. The predicted octanol–water partition coefficient (Wildman–Crippen LogP) is 14.1. The Morgan fingerprint density at radius 3 is 1.31 bits per heavy atom. The van der Waals surface area contributed by atoms with Gasteiger partial charge in [0.1, 0.15) is 18.2 Å². The molecule has 336 valence electrons. The molecule has 3 heterocycles. The first-order valence-electron chi connectivity index (χ1n) is 23.1. The van der Waals surface area contributed by atoms with Gasteiger partial charge in [-0.05, 0) is 99.2 Å². The molecule has 6 nitrogen and oxygen atoms in total. The van der Waals surface area contributed by atoms with E-state index in [1.165, 1.54) is 22.3 Å². The molecule has 0 saturated heterocycles. The second-order valence-corrected chi connectivity index (χ2v) is 17.0. The molecular formula is C64H41IrN6. The Morgan fingerprint density at radius 2 is 0.831 bits per heavy atom. The second-order valence-electron chi connectivity index (χ2n) is 17.0. The molecule has 0 spiro atoms. The summed E-state index contributed by atoms with van der Waals surface area (Å²) in [6.07, 6.45) is 8.82. The largest absolute Gasteiger partial charge is 3.00 e. The van der Waals surface area contributed by atoms with Crippen molar-refractivity contribution in [1.29, 1.82) is 15.8 Å². The molecule has 0 amide bonds. The maximum atomic E-state index is 9.83. The van der Waals surface area contributed by atoms with Crippen LogP contribution in [0.25, 0.3) is 78.3 Å². The molecule has 10 aromatic rings. The summed E-state index contributed by atoms with van der Waals surface area (Å²) < 4.78 is 0. The summed E-state index contributed by atoms with van der Waals surface area (Å²) in [7, 11) is 0. The molecule has 7 aromatic carbocycles. The van der Waals surface area contributed by atoms with Crippen molar-refractivity contribution in [3.63, 3.8) is 0 Å². The van der Waals surface area contributed by atoms with Crippen LogP contribution in [0.4, 0.5) is 0 Å². The first-order chi connectivity index (χ1) is 34.5. The van der Waals surface area contributed by atoms with Crippen LogP contribution in [0, 0.1) is 52.2 Å². The smallest absolute Gasteiger partial charge is 0.305 e. The topological polar surface area (TPSA) is 110 Å². The van der Waals surface area contributed by atoms with Crippen molar-refractivity contribution >= 4 is 0 Å². The van der Waals surface area contributed by atoms with Gasteiger partial charge in [0.15, 0.2) is 0 Å². The molecule has 3 aromatic heterocycles. The van der Waals surface area contributed by atoms with E-state index in [0.717, 1.165) is 98.4 Å². The van der Waals surface area contributed by atoms with E-state index in [0.29, 0.717) is 5.56 Å². The van der Waals surface area contributed by atoms with E-state index in [1.807, 2.05) is 85.2 Å². The Kier molecular flexibility index (Phi) is 14.6. The molecule has 0 atom stereocenters. The van der Waals surface area contributed by atoms with Crippen LogP contribution in [-0.4, -0.2) is 15.0 Å². The minimum absolute atomic E-state index is 0. The van der Waals surface area contributed by atoms with E-state index in [1.54, 1.807) is 18.3 Å². The summed E-state index contributed by atoms with van der Waals surface area (Å²) in [5.74, 6) is 0. The van der Waals surface area contributed by atoms with E-state index in [9.17, 15) is 15.8 Å². The van der Waals surface area contributed by atoms with E-state index < -0.39 is 0 Å². The van der Waals surface area contributed by atoms with Gasteiger partial charge in [-0.15, -0.1) is 94.5 Å². The number of nitriles is 3. The fourth-order valence-electron chi connectivity index (χ4n) is 8.91. The Labute approximate surface area is 428 Å². The average molecular weight is 1090 g/mol. The average Bonchev–Trinajstić information content (AvgIpc) is 3.44. The quantitative estimate of drug-likeness (QED) is 0.106. The number of rotatable bonds is 13. The summed E-state index contributed by atoms with van der Waals surface area (Å²) >= 11 is 0. The molecular weight excluding hydrogens is 1040 g/mol. The summed E-state index contributed by atoms with van der Waals surface area (Å²) in [5, 5.41) is 29.3. The number of benzene rings is 7. The normalized spacial score (nSPS) is 10.6. The number of hydrogen-bond donors (Lipinski definition) is 0. The third-order valence-corrected chi connectivity index (χ3v) is 12.5. The zero-order valence-electron chi connectivity index (χ0n) is 38.4. The Balaban J connectivity index is 0.00000624. The molecule has 0 aliphatic heterocycles. The zero-order valence-corrected chi connectivity index (χ0v) is 40.8. The van der Waals surface area contributed by atoms with Gasteiger partial charge in [0, 0.05) is 18.6 Å². The molecule has 0 unspecified atom stereocenters. The molecule has 0 saturated carbocycles. The number of pyridine rings is 3. The first-order valence-corrected chi connectivity index (χ1v) is 23.1. The molecule has 0 aliphatic rings. The van der Waals surface area contributed by atoms with Crippen LogP contribution in [-0.2, 0) is 45.8 Å². The van der Waals surface area contributed by atoms with Crippen LogP contribution in [0.3, 0.4) is 0 Å². The zero-order chi connectivity index (χ0) is 47.7. The summed E-state index contributed by atoms with van der Waals surface area (Å²) in [6.45, 7) is 0. The maximum Gasteiger partial charge on any atom is 3.00 e. The Bertz CT molecular complexity index is 3450. The standard InChI is InChI=1S/C64H41N6.Ir/c65-41-55-38-53(39-56(42-66)61(55)43-67)48-26-28-49(29-27-48)60-40-52(64-13-5-8-34-70-64)30-31-59(60)58-10-2-1-9-57(58)54-36-46(16-14-44-18-22-50(23-19-44)62-11-3-6-32-68-62)35-47(37-54)17-15-45-20-24-51(25-21-45)63-12-4-7-33-69-63;/h1-13,18-22,24,26-29,31-40H,14-17H2;/q-3;+3. The van der Waals surface area contributed by atoms with E-state index in [2.05, 4.69) is 148 Å². The van der Waals surface area contributed by atoms with Crippen molar-refractivity contribution in [3.8, 4) is 96.5 Å². The van der Waals surface area contributed by atoms with Crippen LogP contribution in [0.5, 0.6) is 0 Å². The summed E-state index contributed by atoms with van der Waals surface area (Å²) in [5.41, 5.74) is 18.6. The number of aryl methyl sites for hydroxylation is 4. The van der Waals surface area contributed by atoms with Crippen LogP contribution >= 0.6 is 0 Å². The van der Waals surface area contributed by atoms with Crippen molar-refractivity contribution < 1.29 is 20.1 Å². The van der Waals surface area contributed by atoms with Gasteiger partial charge in [-0.1, -0.05) is 133 Å². The first kappa shape index (κ1) is 47.2. The van der Waals surface area contributed by atoms with E-state index in [-0.39, 0.29) is 36.8 Å². The van der Waals surface area contributed by atoms with Crippen molar-refractivity contribution in [2.75, 3.05) is 0 Å². The van der Waals surface area contributed by atoms with Gasteiger partial charge in [-0.2, -0.15) is 15.8 Å². The van der Waals surface area contributed by atoms with E-state index >= 15 is 0 Å². The van der Waals surface area contributed by atoms with Gasteiger partial charge in [-0.3, -0.25) is 0 Å². The Morgan fingerprint density at radius 1 is 0.352 bits per heavy atom. The number of aromatic nitrogens is 3. The van der Waals surface area contributed by atoms with Crippen molar-refractivity contribution in [3.05, 3.63) is 258 Å². The van der Waals surface area contributed by atoms with Gasteiger partial charge < -0.3 is 15.0 Å². The van der Waals surface area contributed by atoms with Crippen LogP contribution in [0.15, 0.2) is 201 Å². The van der Waals surface area contributed by atoms with Crippen LogP contribution in [0.1, 0.15) is 38.9 Å². The third kappa shape index (κ3) is 10.7. The summed E-state index contributed by atoms with van der Waals surface area (Å²) in [4.78, 5) is 13.7. The molecule has 0 N–H and O–H groups in total. The van der Waals surface area contributed by atoms with Gasteiger partial charge >= 0.3 is 20.1 Å². The molecule has 10 rings (SSSR count). The van der Waals surface area contributed by atoms with Crippen LogP contribution < -0.4 is 0 Å². The van der Waals surface area contributed by atoms with Crippen LogP contribution in [0.2, 0.25) is 0 Å². The Hall–Kier alpha value is -8.89. The SMILES string of the molecule is N#Cc1cc(-c2ccc(-c3cc(-c4ccccn4)[c-]cc3-c3ccccc3-c3cc(CCc4c[c-]c(-c5ccccn5)cc4)cc(CCc4c[c-]c(-c5ccccn5)cc4)c3)cc2)cc(C#N)c1C#N.[Ir+3]. The predicted molar refractivity (Wildman–Crippen MR) is 276 cm³/mol. The van der Waals surface area contributed by atoms with Gasteiger partial charge in [0.25, 0.3) is 0 Å². The monoisotopic (exact) mass is 1090 g/mol. The molecule has 0 fully saturated rings. The van der Waals surface area contributed by atoms with Gasteiger partial charge in [0.05, 0.1) is 16.7 Å². The summed E-state index contributed by atoms with van der Waals surface area (Å²) in [6, 6.07) is 78.5. The van der Waals surface area contributed by atoms with Crippen molar-refractivity contribution in [2.24, 2.45) is 0 Å². The number of nitrogens with zero attached hydrogens (tertiary/aromatic N) is 6. The molecule has 0 bridgehead atoms. The van der Waals surface area contributed by atoms with E-state index in [4.69, 9.17) is 0 Å². The molecule has 7 heteroatoms. The fraction of sp³-hybridized carbons (Fsp3) is 0.0625. The molecule has 0 aliphatic carbocycles. The molecule has 0 radical (unpaired) electrons.